The second kappa shape index (κ2) is 7.67. The van der Waals surface area contributed by atoms with Gasteiger partial charge in [-0.05, 0) is 57.9 Å². The van der Waals surface area contributed by atoms with Gasteiger partial charge in [-0.2, -0.15) is 0 Å². The minimum Gasteiger partial charge on any atom is -0.437 e. The van der Waals surface area contributed by atoms with E-state index in [4.69, 9.17) is 9.47 Å². The largest absolute Gasteiger partial charge is 0.437 e. The third-order valence-electron chi connectivity index (χ3n) is 5.49. The third kappa shape index (κ3) is 3.38. The van der Waals surface area contributed by atoms with Crippen molar-refractivity contribution in [3.63, 3.8) is 0 Å². The minimum atomic E-state index is 0.446. The first kappa shape index (κ1) is 18.3. The number of aromatic nitrogens is 2. The number of rotatable bonds is 4. The van der Waals surface area contributed by atoms with E-state index >= 15 is 0 Å². The van der Waals surface area contributed by atoms with E-state index in [1.165, 1.54) is 0 Å². The quantitative estimate of drug-likeness (QED) is 0.299. The molecule has 0 bridgehead atoms. The highest BCUT2D eigenvalue weighted by molar-refractivity contribution is 5.91. The molecule has 4 nitrogen and oxygen atoms in total. The zero-order chi connectivity index (χ0) is 21.3. The number of hydrogen-bond donors (Lipinski definition) is 0. The van der Waals surface area contributed by atoms with E-state index in [1.54, 1.807) is 0 Å². The van der Waals surface area contributed by atoms with Crippen molar-refractivity contribution in [3.05, 3.63) is 109 Å². The van der Waals surface area contributed by atoms with Gasteiger partial charge in [-0.25, -0.2) is 0 Å². The van der Waals surface area contributed by atoms with Crippen LogP contribution in [-0.4, -0.2) is 10.2 Å². The van der Waals surface area contributed by atoms with Gasteiger partial charge in [0.25, 0.3) is 0 Å². The summed E-state index contributed by atoms with van der Waals surface area (Å²) in [5.74, 6) is 2.32. The number of hydrogen-bond acceptors (Lipinski definition) is 4. The van der Waals surface area contributed by atoms with Crippen molar-refractivity contribution in [3.8, 4) is 23.3 Å². The summed E-state index contributed by atoms with van der Waals surface area (Å²) in [6.07, 6.45) is 0. The molecule has 0 radical (unpaired) electrons. The van der Waals surface area contributed by atoms with Crippen LogP contribution in [0.5, 0.6) is 23.3 Å². The van der Waals surface area contributed by atoms with E-state index in [2.05, 4.69) is 34.5 Å². The highest BCUT2D eigenvalue weighted by Gasteiger charge is 2.13. The molecule has 1 aromatic heterocycles. The molecule has 0 saturated carbocycles. The van der Waals surface area contributed by atoms with Crippen LogP contribution in [0.25, 0.3) is 32.3 Å². The van der Waals surface area contributed by atoms with Crippen LogP contribution in [0.4, 0.5) is 0 Å². The molecule has 0 aliphatic carbocycles. The molecule has 6 aromatic rings. The summed E-state index contributed by atoms with van der Waals surface area (Å²) in [7, 11) is 0. The summed E-state index contributed by atoms with van der Waals surface area (Å²) in [6.45, 7) is 0. The van der Waals surface area contributed by atoms with Crippen molar-refractivity contribution in [2.75, 3.05) is 0 Å². The van der Waals surface area contributed by atoms with Gasteiger partial charge < -0.3 is 9.47 Å². The molecule has 0 unspecified atom stereocenters. The van der Waals surface area contributed by atoms with E-state index in [0.717, 1.165) is 32.3 Å². The van der Waals surface area contributed by atoms with E-state index in [1.807, 2.05) is 84.9 Å². The molecule has 0 spiro atoms. The van der Waals surface area contributed by atoms with Crippen molar-refractivity contribution < 1.29 is 9.47 Å². The van der Waals surface area contributed by atoms with Crippen molar-refractivity contribution >= 4 is 32.3 Å². The van der Waals surface area contributed by atoms with Crippen LogP contribution in [-0.2, 0) is 0 Å². The summed E-state index contributed by atoms with van der Waals surface area (Å²) in [6, 6.07) is 36.2. The zero-order valence-corrected chi connectivity index (χ0v) is 17.1. The Hall–Kier alpha value is -4.44. The van der Waals surface area contributed by atoms with E-state index < -0.39 is 0 Å². The molecule has 4 heteroatoms. The highest BCUT2D eigenvalue weighted by atomic mass is 16.5. The van der Waals surface area contributed by atoms with Crippen molar-refractivity contribution in [2.45, 2.75) is 0 Å². The summed E-state index contributed by atoms with van der Waals surface area (Å²) in [5, 5.41) is 14.9. The SMILES string of the molecule is c1ccc2cc(Oc3nnc(Oc4ccc5ccccc5c4)c4ccccc34)ccc2c1. The Balaban J connectivity index is 1.37. The van der Waals surface area contributed by atoms with Crippen LogP contribution in [0, 0.1) is 0 Å². The monoisotopic (exact) mass is 414 g/mol. The molecule has 6 rings (SSSR count). The molecular weight excluding hydrogens is 396 g/mol. The third-order valence-corrected chi connectivity index (χ3v) is 5.49. The predicted octanol–water partition coefficient (Wildman–Crippen LogP) is 7.52. The summed E-state index contributed by atoms with van der Waals surface area (Å²) < 4.78 is 12.3. The molecule has 0 atom stereocenters. The first-order chi connectivity index (χ1) is 15.8. The Morgan fingerprint density at radius 3 is 1.28 bits per heavy atom. The van der Waals surface area contributed by atoms with Gasteiger partial charge in [0.1, 0.15) is 11.5 Å². The number of fused-ring (bicyclic) bond motifs is 3. The lowest BCUT2D eigenvalue weighted by Gasteiger charge is -2.12. The lowest BCUT2D eigenvalue weighted by Crippen LogP contribution is -1.96. The molecule has 0 aliphatic heterocycles. The molecule has 0 amide bonds. The first-order valence-corrected chi connectivity index (χ1v) is 10.4. The maximum absolute atomic E-state index is 6.13. The lowest BCUT2D eigenvalue weighted by molar-refractivity contribution is 0.437. The maximum atomic E-state index is 6.13. The molecule has 152 valence electrons. The fourth-order valence-electron chi connectivity index (χ4n) is 3.89. The van der Waals surface area contributed by atoms with Crippen LogP contribution < -0.4 is 9.47 Å². The maximum Gasteiger partial charge on any atom is 0.247 e. The summed E-state index contributed by atoms with van der Waals surface area (Å²) >= 11 is 0. The summed E-state index contributed by atoms with van der Waals surface area (Å²) in [5.41, 5.74) is 0. The van der Waals surface area contributed by atoms with Gasteiger partial charge in [0.2, 0.25) is 11.8 Å². The molecule has 0 N–H and O–H groups in total. The fraction of sp³-hybridized carbons (Fsp3) is 0. The fourth-order valence-corrected chi connectivity index (χ4v) is 3.89. The van der Waals surface area contributed by atoms with Crippen molar-refractivity contribution in [1.29, 1.82) is 0 Å². The summed E-state index contributed by atoms with van der Waals surface area (Å²) in [4.78, 5) is 0. The highest BCUT2D eigenvalue weighted by Crippen LogP contribution is 2.35. The lowest BCUT2D eigenvalue weighted by atomic mass is 10.1. The number of benzene rings is 5. The Morgan fingerprint density at radius 2 is 0.812 bits per heavy atom. The van der Waals surface area contributed by atoms with Crippen LogP contribution in [0.2, 0.25) is 0 Å². The van der Waals surface area contributed by atoms with Gasteiger partial charge in [-0.15, -0.1) is 10.2 Å². The van der Waals surface area contributed by atoms with Crippen molar-refractivity contribution in [1.82, 2.24) is 10.2 Å². The number of ether oxygens (including phenoxy) is 2. The van der Waals surface area contributed by atoms with Crippen LogP contribution in [0.3, 0.4) is 0 Å². The van der Waals surface area contributed by atoms with E-state index in [9.17, 15) is 0 Å². The molecule has 1 heterocycles. The molecule has 32 heavy (non-hydrogen) atoms. The van der Waals surface area contributed by atoms with Gasteiger partial charge in [-0.3, -0.25) is 0 Å². The Bertz CT molecular complexity index is 1470. The zero-order valence-electron chi connectivity index (χ0n) is 17.1. The van der Waals surface area contributed by atoms with Crippen LogP contribution >= 0.6 is 0 Å². The van der Waals surface area contributed by atoms with Gasteiger partial charge >= 0.3 is 0 Å². The van der Waals surface area contributed by atoms with Gasteiger partial charge in [0.05, 0.1) is 10.8 Å². The van der Waals surface area contributed by atoms with E-state index in [0.29, 0.717) is 23.3 Å². The molecule has 0 saturated heterocycles. The van der Waals surface area contributed by atoms with E-state index in [-0.39, 0.29) is 0 Å². The topological polar surface area (TPSA) is 44.2 Å². The van der Waals surface area contributed by atoms with Gasteiger partial charge in [0, 0.05) is 0 Å². The van der Waals surface area contributed by atoms with Crippen LogP contribution in [0.1, 0.15) is 0 Å². The second-order valence-corrected chi connectivity index (χ2v) is 7.58. The Morgan fingerprint density at radius 1 is 0.406 bits per heavy atom. The van der Waals surface area contributed by atoms with Gasteiger partial charge in [0.15, 0.2) is 0 Å². The molecule has 0 fully saturated rings. The average molecular weight is 414 g/mol. The molecular formula is C28H18N2O2. The normalized spacial score (nSPS) is 11.1. The molecule has 0 aliphatic rings. The van der Waals surface area contributed by atoms with Crippen molar-refractivity contribution in [2.24, 2.45) is 0 Å². The predicted molar refractivity (Wildman–Crippen MR) is 128 cm³/mol. The second-order valence-electron chi connectivity index (χ2n) is 7.58. The standard InChI is InChI=1S/C28H18N2O2/c1-3-9-21-17-23(15-13-19(21)7-1)31-27-25-11-5-6-12-26(25)28(30-29-27)32-24-16-14-20-8-2-4-10-22(20)18-24/h1-18H. The smallest absolute Gasteiger partial charge is 0.247 e. The Kier molecular flexibility index (Phi) is 4.40. The van der Waals surface area contributed by atoms with Crippen LogP contribution in [0.15, 0.2) is 109 Å². The first-order valence-electron chi connectivity index (χ1n) is 10.4. The number of nitrogens with zero attached hydrogens (tertiary/aromatic N) is 2. The average Bonchev–Trinajstić information content (AvgIpc) is 2.85. The Labute approximate surface area is 184 Å². The van der Waals surface area contributed by atoms with Gasteiger partial charge in [-0.1, -0.05) is 72.8 Å². The molecule has 5 aromatic carbocycles. The minimum absolute atomic E-state index is 0.446.